The summed E-state index contributed by atoms with van der Waals surface area (Å²) in [6.45, 7) is 3.01. The van der Waals surface area contributed by atoms with Gasteiger partial charge in [0.15, 0.2) is 0 Å². The van der Waals surface area contributed by atoms with E-state index in [1.807, 2.05) is 85.8 Å². The number of anilines is 1. The molecule has 1 aromatic heterocycles. The summed E-state index contributed by atoms with van der Waals surface area (Å²) in [5.41, 5.74) is 2.67. The molecule has 1 heterocycles. The summed E-state index contributed by atoms with van der Waals surface area (Å²) in [7, 11) is 1.62. The van der Waals surface area contributed by atoms with Crippen molar-refractivity contribution in [1.82, 2.24) is 10.1 Å². The Morgan fingerprint density at radius 2 is 1.65 bits per heavy atom. The quantitative estimate of drug-likeness (QED) is 0.321. The summed E-state index contributed by atoms with van der Waals surface area (Å²) >= 11 is 0. The first-order valence-electron chi connectivity index (χ1n) is 11.2. The average molecular weight is 458 g/mol. The first-order chi connectivity index (χ1) is 16.7. The number of hydrogen-bond acceptors (Lipinski definition) is 6. The van der Waals surface area contributed by atoms with E-state index in [2.05, 4.69) is 10.1 Å². The molecule has 0 saturated carbocycles. The maximum atomic E-state index is 13.2. The minimum atomic E-state index is -0.0326. The summed E-state index contributed by atoms with van der Waals surface area (Å²) in [4.78, 5) is 19.5. The zero-order valence-electron chi connectivity index (χ0n) is 19.3. The molecule has 0 fully saturated rings. The molecule has 0 N–H and O–H groups in total. The van der Waals surface area contributed by atoms with Crippen LogP contribution in [-0.2, 0) is 17.8 Å². The molecule has 34 heavy (non-hydrogen) atoms. The van der Waals surface area contributed by atoms with E-state index in [0.29, 0.717) is 31.3 Å². The summed E-state index contributed by atoms with van der Waals surface area (Å²) < 4.78 is 16.1. The van der Waals surface area contributed by atoms with Crippen LogP contribution in [0.15, 0.2) is 83.4 Å². The molecule has 0 saturated heterocycles. The molecule has 0 aliphatic rings. The maximum Gasteiger partial charge on any atom is 0.227 e. The lowest BCUT2D eigenvalue weighted by molar-refractivity contribution is -0.118. The van der Waals surface area contributed by atoms with Crippen molar-refractivity contribution in [2.75, 3.05) is 18.6 Å². The van der Waals surface area contributed by atoms with Crippen molar-refractivity contribution in [1.29, 1.82) is 0 Å². The fourth-order valence-corrected chi connectivity index (χ4v) is 3.54. The average Bonchev–Trinajstić information content (AvgIpc) is 3.36. The molecule has 0 bridgehead atoms. The molecule has 7 heteroatoms. The third kappa shape index (κ3) is 5.81. The number of nitrogens with zero attached hydrogens (tertiary/aromatic N) is 3. The summed E-state index contributed by atoms with van der Waals surface area (Å²) in [6.07, 6.45) is 0.591. The summed E-state index contributed by atoms with van der Waals surface area (Å²) in [5.74, 6) is 2.41. The summed E-state index contributed by atoms with van der Waals surface area (Å²) in [6, 6.07) is 24.9. The van der Waals surface area contributed by atoms with Crippen molar-refractivity contribution in [3.63, 3.8) is 0 Å². The monoisotopic (exact) mass is 457 g/mol. The lowest BCUT2D eigenvalue weighted by Crippen LogP contribution is -2.30. The van der Waals surface area contributed by atoms with Gasteiger partial charge in [0.05, 0.1) is 20.3 Å². The van der Waals surface area contributed by atoms with Crippen LogP contribution < -0.4 is 14.4 Å². The molecule has 174 valence electrons. The molecule has 0 aliphatic carbocycles. The zero-order valence-corrected chi connectivity index (χ0v) is 19.3. The number of carbonyl (C=O) groups is 1. The molecule has 4 rings (SSSR count). The van der Waals surface area contributed by atoms with Crippen LogP contribution in [0.2, 0.25) is 0 Å². The van der Waals surface area contributed by atoms with Gasteiger partial charge in [0.2, 0.25) is 17.6 Å². The fraction of sp³-hybridized carbons (Fsp3) is 0.222. The standard InChI is InChI=1S/C27H27N3O4/c1-3-33-24-13-9-21(10-14-24)27-28-25(34-29-27)17-18-26(31)30(19-20-7-5-4-6-8-20)22-11-15-23(32-2)16-12-22/h4-16H,3,17-19H2,1-2H3. The van der Waals surface area contributed by atoms with Crippen molar-refractivity contribution in [3.05, 3.63) is 90.3 Å². The van der Waals surface area contributed by atoms with Gasteiger partial charge in [-0.25, -0.2) is 0 Å². The van der Waals surface area contributed by atoms with E-state index in [-0.39, 0.29) is 12.3 Å². The third-order valence-electron chi connectivity index (χ3n) is 5.31. The minimum absolute atomic E-state index is 0.0326. The number of aryl methyl sites for hydroxylation is 1. The molecule has 7 nitrogen and oxygen atoms in total. The van der Waals surface area contributed by atoms with Gasteiger partial charge in [0.1, 0.15) is 11.5 Å². The van der Waals surface area contributed by atoms with Crippen molar-refractivity contribution < 1.29 is 18.8 Å². The van der Waals surface area contributed by atoms with Crippen molar-refractivity contribution in [2.24, 2.45) is 0 Å². The Morgan fingerprint density at radius 3 is 2.32 bits per heavy atom. The Morgan fingerprint density at radius 1 is 0.941 bits per heavy atom. The molecule has 3 aromatic carbocycles. The Balaban J connectivity index is 1.45. The van der Waals surface area contributed by atoms with Gasteiger partial charge in [-0.2, -0.15) is 4.98 Å². The Hall–Kier alpha value is -4.13. The SMILES string of the molecule is CCOc1ccc(-c2noc(CCC(=O)N(Cc3ccccc3)c3ccc(OC)cc3)n2)cc1. The van der Waals surface area contributed by atoms with E-state index < -0.39 is 0 Å². The van der Waals surface area contributed by atoms with E-state index in [1.54, 1.807) is 12.0 Å². The molecular formula is C27H27N3O4. The van der Waals surface area contributed by atoms with Gasteiger partial charge in [0, 0.05) is 24.1 Å². The van der Waals surface area contributed by atoms with E-state index in [9.17, 15) is 4.79 Å². The number of methoxy groups -OCH3 is 1. The summed E-state index contributed by atoms with van der Waals surface area (Å²) in [5, 5.41) is 4.06. The third-order valence-corrected chi connectivity index (χ3v) is 5.31. The van der Waals surface area contributed by atoms with Crippen LogP contribution in [-0.4, -0.2) is 29.8 Å². The Kier molecular flexibility index (Phi) is 7.55. The highest BCUT2D eigenvalue weighted by atomic mass is 16.5. The zero-order chi connectivity index (χ0) is 23.8. The predicted octanol–water partition coefficient (Wildman–Crippen LogP) is 5.31. The first kappa shape index (κ1) is 23.0. The lowest BCUT2D eigenvalue weighted by atomic mass is 10.1. The molecular weight excluding hydrogens is 430 g/mol. The molecule has 0 atom stereocenters. The van der Waals surface area contributed by atoms with Crippen molar-refractivity contribution in [3.8, 4) is 22.9 Å². The van der Waals surface area contributed by atoms with Crippen LogP contribution in [0.4, 0.5) is 5.69 Å². The molecule has 0 spiro atoms. The number of ether oxygens (including phenoxy) is 2. The number of amides is 1. The van der Waals surface area contributed by atoms with Crippen molar-refractivity contribution in [2.45, 2.75) is 26.3 Å². The van der Waals surface area contributed by atoms with Gasteiger partial charge in [-0.05, 0) is 61.0 Å². The van der Waals surface area contributed by atoms with Crippen LogP contribution >= 0.6 is 0 Å². The second-order valence-electron chi connectivity index (χ2n) is 7.63. The second-order valence-corrected chi connectivity index (χ2v) is 7.63. The highest BCUT2D eigenvalue weighted by molar-refractivity contribution is 5.93. The van der Waals surface area contributed by atoms with Gasteiger partial charge in [-0.3, -0.25) is 4.79 Å². The van der Waals surface area contributed by atoms with Gasteiger partial charge in [-0.15, -0.1) is 0 Å². The van der Waals surface area contributed by atoms with Crippen LogP contribution in [0.3, 0.4) is 0 Å². The largest absolute Gasteiger partial charge is 0.497 e. The van der Waals surface area contributed by atoms with Crippen LogP contribution in [0.5, 0.6) is 11.5 Å². The van der Waals surface area contributed by atoms with Gasteiger partial charge in [-0.1, -0.05) is 35.5 Å². The van der Waals surface area contributed by atoms with Crippen LogP contribution in [0, 0.1) is 0 Å². The van der Waals surface area contributed by atoms with Crippen LogP contribution in [0.1, 0.15) is 24.8 Å². The topological polar surface area (TPSA) is 77.7 Å². The molecule has 0 unspecified atom stereocenters. The highest BCUT2D eigenvalue weighted by Gasteiger charge is 2.18. The fourth-order valence-electron chi connectivity index (χ4n) is 3.54. The Bertz CT molecular complexity index is 1190. The van der Waals surface area contributed by atoms with E-state index in [1.165, 1.54) is 0 Å². The predicted molar refractivity (Wildman–Crippen MR) is 130 cm³/mol. The maximum absolute atomic E-state index is 13.2. The molecule has 0 aliphatic heterocycles. The van der Waals surface area contributed by atoms with Crippen molar-refractivity contribution >= 4 is 11.6 Å². The van der Waals surface area contributed by atoms with Crippen LogP contribution in [0.25, 0.3) is 11.4 Å². The highest BCUT2D eigenvalue weighted by Crippen LogP contribution is 2.23. The smallest absolute Gasteiger partial charge is 0.227 e. The van der Waals surface area contributed by atoms with Gasteiger partial charge >= 0.3 is 0 Å². The van der Waals surface area contributed by atoms with Gasteiger partial charge in [0.25, 0.3) is 0 Å². The Labute approximate surface area is 198 Å². The number of rotatable bonds is 10. The van der Waals surface area contributed by atoms with E-state index in [0.717, 1.165) is 28.3 Å². The molecule has 1 amide bonds. The number of carbonyl (C=O) groups excluding carboxylic acids is 1. The minimum Gasteiger partial charge on any atom is -0.497 e. The number of hydrogen-bond donors (Lipinski definition) is 0. The van der Waals surface area contributed by atoms with Gasteiger partial charge < -0.3 is 18.9 Å². The normalized spacial score (nSPS) is 10.6. The molecule has 4 aromatic rings. The first-order valence-corrected chi connectivity index (χ1v) is 11.2. The second kappa shape index (κ2) is 11.1. The van der Waals surface area contributed by atoms with E-state index in [4.69, 9.17) is 14.0 Å². The molecule has 0 radical (unpaired) electrons. The number of aromatic nitrogens is 2. The lowest BCUT2D eigenvalue weighted by Gasteiger charge is -2.23. The van der Waals surface area contributed by atoms with E-state index >= 15 is 0 Å². The number of benzene rings is 3.